The van der Waals surface area contributed by atoms with Crippen molar-refractivity contribution in [1.29, 1.82) is 0 Å². The van der Waals surface area contributed by atoms with Gasteiger partial charge in [-0.2, -0.15) is 13.2 Å². The zero-order valence-electron chi connectivity index (χ0n) is 16.4. The van der Waals surface area contributed by atoms with E-state index < -0.39 is 12.8 Å². The van der Waals surface area contributed by atoms with Crippen molar-refractivity contribution < 1.29 is 22.7 Å². The van der Waals surface area contributed by atoms with Crippen LogP contribution in [0.1, 0.15) is 25.1 Å². The van der Waals surface area contributed by atoms with Crippen molar-refractivity contribution >= 4 is 16.8 Å². The van der Waals surface area contributed by atoms with Gasteiger partial charge in [0.1, 0.15) is 5.75 Å². The average molecular weight is 417 g/mol. The molecule has 1 aromatic carbocycles. The molecule has 3 aromatic rings. The first-order chi connectivity index (χ1) is 14.3. The molecule has 4 rings (SSSR count). The van der Waals surface area contributed by atoms with Crippen LogP contribution in [0.4, 0.5) is 13.2 Å². The van der Waals surface area contributed by atoms with E-state index in [1.807, 2.05) is 18.3 Å². The van der Waals surface area contributed by atoms with Crippen LogP contribution in [0.3, 0.4) is 0 Å². The molecule has 2 aromatic heterocycles. The monoisotopic (exact) mass is 417 g/mol. The molecule has 5 nitrogen and oxygen atoms in total. The zero-order chi connectivity index (χ0) is 21.3. The van der Waals surface area contributed by atoms with Crippen molar-refractivity contribution in [2.24, 2.45) is 11.8 Å². The summed E-state index contributed by atoms with van der Waals surface area (Å²) in [5.74, 6) is 0.265. The van der Waals surface area contributed by atoms with E-state index >= 15 is 0 Å². The average Bonchev–Trinajstić information content (AvgIpc) is 3.38. The lowest BCUT2D eigenvalue weighted by Crippen LogP contribution is -2.29. The van der Waals surface area contributed by atoms with E-state index in [0.717, 1.165) is 18.5 Å². The molecule has 1 N–H and O–H groups in total. The number of halogens is 3. The van der Waals surface area contributed by atoms with Crippen molar-refractivity contribution in [3.8, 4) is 5.75 Å². The number of pyridine rings is 1. The summed E-state index contributed by atoms with van der Waals surface area (Å²) >= 11 is 0. The Labute approximate surface area is 171 Å². The van der Waals surface area contributed by atoms with Crippen LogP contribution in [0.25, 0.3) is 10.9 Å². The molecule has 8 heteroatoms. The second kappa shape index (κ2) is 8.01. The van der Waals surface area contributed by atoms with Gasteiger partial charge >= 0.3 is 6.18 Å². The maximum atomic E-state index is 12.6. The Balaban J connectivity index is 1.29. The lowest BCUT2D eigenvalue weighted by molar-refractivity contribution is -0.153. The lowest BCUT2D eigenvalue weighted by atomic mass is 10.2. The van der Waals surface area contributed by atoms with E-state index in [9.17, 15) is 18.0 Å². The number of alkyl halides is 3. The molecule has 1 aliphatic carbocycles. The highest BCUT2D eigenvalue weighted by Gasteiger charge is 2.43. The number of carbonyl (C=O) groups is 1. The second-order valence-corrected chi connectivity index (χ2v) is 7.68. The quantitative estimate of drug-likeness (QED) is 0.616. The van der Waals surface area contributed by atoms with Crippen molar-refractivity contribution in [3.05, 3.63) is 60.6 Å². The summed E-state index contributed by atoms with van der Waals surface area (Å²) in [5.41, 5.74) is 1.73. The van der Waals surface area contributed by atoms with Crippen LogP contribution in [-0.2, 0) is 11.3 Å². The van der Waals surface area contributed by atoms with Crippen molar-refractivity contribution in [2.45, 2.75) is 32.1 Å². The van der Waals surface area contributed by atoms with Gasteiger partial charge in [0.05, 0.1) is 17.9 Å². The number of benzene rings is 1. The number of hydrogen-bond donors (Lipinski definition) is 1. The Morgan fingerprint density at radius 3 is 2.80 bits per heavy atom. The molecule has 0 aliphatic heterocycles. The lowest BCUT2D eigenvalue weighted by Gasteiger charge is -2.14. The molecule has 2 unspecified atom stereocenters. The minimum absolute atomic E-state index is 0.0249. The van der Waals surface area contributed by atoms with Crippen LogP contribution >= 0.6 is 0 Å². The molecule has 3 atom stereocenters. The molecule has 1 aliphatic rings. The van der Waals surface area contributed by atoms with Gasteiger partial charge in [0.25, 0.3) is 0 Å². The topological polar surface area (TPSA) is 56.2 Å². The van der Waals surface area contributed by atoms with Crippen LogP contribution in [0.5, 0.6) is 5.75 Å². The Bertz CT molecular complexity index is 1030. The number of rotatable bonds is 7. The highest BCUT2D eigenvalue weighted by molar-refractivity contribution is 5.82. The predicted octanol–water partition coefficient (Wildman–Crippen LogP) is 4.49. The first-order valence-electron chi connectivity index (χ1n) is 9.80. The fraction of sp³-hybridized carbons (Fsp3) is 0.364. The van der Waals surface area contributed by atoms with Crippen molar-refractivity contribution in [3.63, 3.8) is 0 Å². The number of hydrogen-bond acceptors (Lipinski definition) is 3. The molecule has 1 saturated carbocycles. The maximum Gasteiger partial charge on any atom is 0.422 e. The fourth-order valence-electron chi connectivity index (χ4n) is 3.62. The number of fused-ring (bicyclic) bond motifs is 1. The van der Waals surface area contributed by atoms with E-state index in [1.165, 1.54) is 17.6 Å². The highest BCUT2D eigenvalue weighted by atomic mass is 19.4. The van der Waals surface area contributed by atoms with E-state index in [4.69, 9.17) is 0 Å². The van der Waals surface area contributed by atoms with Gasteiger partial charge in [-0.15, -0.1) is 0 Å². The second-order valence-electron chi connectivity index (χ2n) is 7.68. The number of nitrogens with zero attached hydrogens (tertiary/aromatic N) is 2. The number of carbonyl (C=O) groups excluding carboxylic acids is 1. The van der Waals surface area contributed by atoms with Gasteiger partial charge < -0.3 is 14.6 Å². The van der Waals surface area contributed by atoms with Crippen molar-refractivity contribution in [1.82, 2.24) is 14.9 Å². The third-order valence-corrected chi connectivity index (χ3v) is 5.33. The molecule has 30 heavy (non-hydrogen) atoms. The predicted molar refractivity (Wildman–Crippen MR) is 106 cm³/mol. The summed E-state index contributed by atoms with van der Waals surface area (Å²) < 4.78 is 43.5. The molecular weight excluding hydrogens is 395 g/mol. The number of nitrogens with one attached hydrogen (secondary N) is 1. The van der Waals surface area contributed by atoms with Gasteiger partial charge in [0.2, 0.25) is 5.91 Å². The SMILES string of the molecule is C[C@@H](NC(=O)C1CC1Cn1ccc2ccccc21)c1ccc(OCC(F)(F)F)cn1. The number of ether oxygens (including phenoxy) is 1. The Hall–Kier alpha value is -3.03. The minimum atomic E-state index is -4.40. The molecule has 0 spiro atoms. The summed E-state index contributed by atoms with van der Waals surface area (Å²) in [5, 5.41) is 4.13. The first-order valence-corrected chi connectivity index (χ1v) is 9.80. The largest absolute Gasteiger partial charge is 0.483 e. The van der Waals surface area contributed by atoms with E-state index in [-0.39, 0.29) is 23.6 Å². The number of amides is 1. The molecule has 1 fully saturated rings. The van der Waals surface area contributed by atoms with Gasteiger partial charge in [0, 0.05) is 24.2 Å². The number of aromatic nitrogens is 2. The van der Waals surface area contributed by atoms with E-state index in [2.05, 4.69) is 37.8 Å². The molecule has 2 heterocycles. The fourth-order valence-corrected chi connectivity index (χ4v) is 3.62. The van der Waals surface area contributed by atoms with E-state index in [1.54, 1.807) is 13.0 Å². The van der Waals surface area contributed by atoms with Crippen LogP contribution in [0, 0.1) is 11.8 Å². The maximum absolute atomic E-state index is 12.6. The van der Waals surface area contributed by atoms with Crippen LogP contribution in [0.15, 0.2) is 54.9 Å². The van der Waals surface area contributed by atoms with Crippen molar-refractivity contribution in [2.75, 3.05) is 6.61 Å². The minimum Gasteiger partial charge on any atom is -0.483 e. The van der Waals surface area contributed by atoms with Gasteiger partial charge in [-0.05, 0) is 48.9 Å². The summed E-state index contributed by atoms with van der Waals surface area (Å²) in [4.78, 5) is 16.7. The summed E-state index contributed by atoms with van der Waals surface area (Å²) in [7, 11) is 0. The van der Waals surface area contributed by atoms with Crippen LogP contribution in [-0.4, -0.2) is 28.2 Å². The molecule has 158 valence electrons. The molecular formula is C22H22F3N3O2. The summed E-state index contributed by atoms with van der Waals surface area (Å²) in [6, 6.07) is 12.9. The van der Waals surface area contributed by atoms with Gasteiger partial charge in [-0.25, -0.2) is 0 Å². The number of para-hydroxylation sites is 1. The van der Waals surface area contributed by atoms with Gasteiger partial charge in [-0.1, -0.05) is 18.2 Å². The van der Waals surface area contributed by atoms with E-state index in [0.29, 0.717) is 11.6 Å². The molecule has 0 bridgehead atoms. The summed E-state index contributed by atoms with van der Waals surface area (Å²) in [6.07, 6.45) is -0.274. The van der Waals surface area contributed by atoms with Crippen LogP contribution in [0.2, 0.25) is 0 Å². The standard InChI is InChI=1S/C22H22F3N3O2/c1-14(19-7-6-17(11-26-19)30-13-22(23,24)25)27-21(29)18-10-16(18)12-28-9-8-15-4-2-3-5-20(15)28/h2-9,11,14,16,18H,10,12-13H2,1H3,(H,27,29)/t14-,16?,18?/m1/s1. The molecule has 0 saturated heterocycles. The molecule has 0 radical (unpaired) electrons. The van der Waals surface area contributed by atoms with Crippen LogP contribution < -0.4 is 10.1 Å². The Morgan fingerprint density at radius 1 is 1.27 bits per heavy atom. The summed E-state index contributed by atoms with van der Waals surface area (Å²) in [6.45, 7) is 1.23. The van der Waals surface area contributed by atoms with Gasteiger partial charge in [0.15, 0.2) is 6.61 Å². The smallest absolute Gasteiger partial charge is 0.422 e. The molecule has 1 amide bonds. The normalized spacial score (nSPS) is 19.5. The third kappa shape index (κ3) is 4.75. The van der Waals surface area contributed by atoms with Gasteiger partial charge in [-0.3, -0.25) is 9.78 Å². The Kier molecular flexibility index (Phi) is 5.40. The highest BCUT2D eigenvalue weighted by Crippen LogP contribution is 2.41. The third-order valence-electron chi connectivity index (χ3n) is 5.33. The Morgan fingerprint density at radius 2 is 2.07 bits per heavy atom. The zero-order valence-corrected chi connectivity index (χ0v) is 16.4. The first kappa shape index (κ1) is 20.3.